The normalized spacial score (nSPS) is 12.4. The number of hydrogen-bond donors (Lipinski definition) is 1. The molecule has 0 bridgehead atoms. The molecule has 0 aliphatic heterocycles. The van der Waals surface area contributed by atoms with Crippen molar-refractivity contribution >= 4 is 22.9 Å². The highest BCUT2D eigenvalue weighted by atomic mass is 35.5. The lowest BCUT2D eigenvalue weighted by molar-refractivity contribution is 0.285. The van der Waals surface area contributed by atoms with Gasteiger partial charge in [-0.3, -0.25) is 0 Å². The average Bonchev–Trinajstić information content (AvgIpc) is 2.78. The molecule has 3 nitrogen and oxygen atoms in total. The lowest BCUT2D eigenvalue weighted by atomic mass is 9.98. The Morgan fingerprint density at radius 2 is 2.16 bits per heavy atom. The molecule has 1 N–H and O–H groups in total. The molecule has 0 radical (unpaired) electrons. The first kappa shape index (κ1) is 14.3. The second kappa shape index (κ2) is 6.37. The number of para-hydroxylation sites is 1. The molecule has 0 aliphatic rings. The highest BCUT2D eigenvalue weighted by Gasteiger charge is 2.14. The molecule has 102 valence electrons. The predicted octanol–water partition coefficient (Wildman–Crippen LogP) is 4.59. The van der Waals surface area contributed by atoms with Crippen LogP contribution in [0.4, 0.5) is 0 Å². The average molecular weight is 298 g/mol. The molecule has 0 fully saturated rings. The van der Waals surface area contributed by atoms with Crippen LogP contribution in [0.15, 0.2) is 24.3 Å². The van der Waals surface area contributed by atoms with Crippen LogP contribution >= 0.6 is 22.9 Å². The molecule has 1 atom stereocenters. The van der Waals surface area contributed by atoms with Crippen LogP contribution in [0, 0.1) is 0 Å². The zero-order valence-electron chi connectivity index (χ0n) is 10.9. The van der Waals surface area contributed by atoms with E-state index in [0.717, 1.165) is 17.7 Å². The van der Waals surface area contributed by atoms with Gasteiger partial charge in [-0.25, -0.2) is 0 Å². The van der Waals surface area contributed by atoms with E-state index in [2.05, 4.69) is 24.9 Å². The van der Waals surface area contributed by atoms with Crippen LogP contribution in [0.1, 0.15) is 36.6 Å². The Bertz CT molecular complexity index is 556. The first-order chi connectivity index (χ1) is 9.15. The van der Waals surface area contributed by atoms with Gasteiger partial charge >= 0.3 is 0 Å². The van der Waals surface area contributed by atoms with Crippen LogP contribution in [0.2, 0.25) is 5.15 Å². The van der Waals surface area contributed by atoms with Gasteiger partial charge < -0.3 is 9.84 Å². The van der Waals surface area contributed by atoms with E-state index in [9.17, 15) is 0 Å². The zero-order valence-corrected chi connectivity index (χ0v) is 12.5. The molecule has 2 aromatic rings. The summed E-state index contributed by atoms with van der Waals surface area (Å²) in [6, 6.07) is 7.92. The van der Waals surface area contributed by atoms with Crippen molar-refractivity contribution in [3.8, 4) is 10.9 Å². The van der Waals surface area contributed by atoms with Crippen LogP contribution < -0.4 is 4.74 Å². The van der Waals surface area contributed by atoms with Crippen LogP contribution in [-0.2, 0) is 6.61 Å². The molecule has 1 aromatic carbocycles. The van der Waals surface area contributed by atoms with E-state index < -0.39 is 0 Å². The first-order valence-corrected chi connectivity index (χ1v) is 7.38. The maximum absolute atomic E-state index is 9.11. The quantitative estimate of drug-likeness (QED) is 0.877. The number of thiazole rings is 1. The van der Waals surface area contributed by atoms with Gasteiger partial charge in [0.05, 0.1) is 11.5 Å². The minimum absolute atomic E-state index is 0.118. The Morgan fingerprint density at radius 1 is 1.42 bits per heavy atom. The molecule has 1 aromatic heterocycles. The van der Waals surface area contributed by atoms with Crippen molar-refractivity contribution in [3.05, 3.63) is 39.9 Å². The van der Waals surface area contributed by atoms with E-state index in [1.807, 2.05) is 18.2 Å². The summed E-state index contributed by atoms with van der Waals surface area (Å²) in [5, 5.41) is 9.88. The van der Waals surface area contributed by atoms with Gasteiger partial charge in [-0.05, 0) is 24.0 Å². The fourth-order valence-electron chi connectivity index (χ4n) is 1.75. The molecule has 2 rings (SSSR count). The van der Waals surface area contributed by atoms with Crippen molar-refractivity contribution in [2.75, 3.05) is 0 Å². The summed E-state index contributed by atoms with van der Waals surface area (Å²) < 4.78 is 5.81. The van der Waals surface area contributed by atoms with E-state index in [0.29, 0.717) is 21.1 Å². The Hall–Kier alpha value is -1.10. The van der Waals surface area contributed by atoms with Gasteiger partial charge in [0.1, 0.15) is 10.9 Å². The fraction of sp³-hybridized carbons (Fsp3) is 0.357. The molecule has 0 aliphatic carbocycles. The number of nitrogens with zero attached hydrogens (tertiary/aromatic N) is 1. The lowest BCUT2D eigenvalue weighted by Gasteiger charge is -2.13. The molecular formula is C14H16ClNO2S. The minimum Gasteiger partial charge on any atom is -0.431 e. The van der Waals surface area contributed by atoms with Gasteiger partial charge in [-0.1, -0.05) is 55.0 Å². The summed E-state index contributed by atoms with van der Waals surface area (Å²) in [5.41, 5.74) is 1.15. The molecular weight excluding hydrogens is 282 g/mol. The summed E-state index contributed by atoms with van der Waals surface area (Å²) in [4.78, 5) is 4.73. The standard InChI is InChI=1S/C14H16ClNO2S/c1-3-9(2)10-6-4-5-7-11(10)18-14-16-13(15)12(8-17)19-14/h4-7,9,17H,3,8H2,1-2H3. The van der Waals surface area contributed by atoms with Gasteiger partial charge in [0.25, 0.3) is 5.19 Å². The maximum atomic E-state index is 9.11. The van der Waals surface area contributed by atoms with Crippen molar-refractivity contribution in [3.63, 3.8) is 0 Å². The van der Waals surface area contributed by atoms with Gasteiger partial charge in [0, 0.05) is 0 Å². The van der Waals surface area contributed by atoms with Crippen LogP contribution in [-0.4, -0.2) is 10.1 Å². The number of rotatable bonds is 5. The Balaban J connectivity index is 2.27. The SMILES string of the molecule is CCC(C)c1ccccc1Oc1nc(Cl)c(CO)s1. The predicted molar refractivity (Wildman–Crippen MR) is 78.3 cm³/mol. The van der Waals surface area contributed by atoms with Gasteiger partial charge in [0.15, 0.2) is 0 Å². The largest absolute Gasteiger partial charge is 0.431 e. The highest BCUT2D eigenvalue weighted by molar-refractivity contribution is 7.13. The van der Waals surface area contributed by atoms with Gasteiger partial charge in [-0.15, -0.1) is 0 Å². The van der Waals surface area contributed by atoms with Gasteiger partial charge in [0.2, 0.25) is 0 Å². The molecule has 0 spiro atoms. The third kappa shape index (κ3) is 3.26. The first-order valence-electron chi connectivity index (χ1n) is 6.18. The highest BCUT2D eigenvalue weighted by Crippen LogP contribution is 2.35. The third-order valence-corrected chi connectivity index (χ3v) is 4.38. The van der Waals surface area contributed by atoms with E-state index in [-0.39, 0.29) is 6.61 Å². The van der Waals surface area contributed by atoms with E-state index >= 15 is 0 Å². The number of aliphatic hydroxyl groups excluding tert-OH is 1. The molecule has 5 heteroatoms. The second-order valence-corrected chi connectivity index (χ2v) is 5.71. The molecule has 0 saturated heterocycles. The van der Waals surface area contributed by atoms with Crippen LogP contribution in [0.25, 0.3) is 0 Å². The van der Waals surface area contributed by atoms with Crippen molar-refractivity contribution in [2.24, 2.45) is 0 Å². The summed E-state index contributed by atoms with van der Waals surface area (Å²) >= 11 is 7.17. The summed E-state index contributed by atoms with van der Waals surface area (Å²) in [6.45, 7) is 4.19. The van der Waals surface area contributed by atoms with Crippen molar-refractivity contribution < 1.29 is 9.84 Å². The van der Waals surface area contributed by atoms with Crippen molar-refractivity contribution in [1.82, 2.24) is 4.98 Å². The van der Waals surface area contributed by atoms with Crippen molar-refractivity contribution in [1.29, 1.82) is 0 Å². The smallest absolute Gasteiger partial charge is 0.280 e. The van der Waals surface area contributed by atoms with E-state index in [4.69, 9.17) is 21.4 Å². The Labute approximate surface area is 121 Å². The Morgan fingerprint density at radius 3 is 2.79 bits per heavy atom. The van der Waals surface area contributed by atoms with Crippen LogP contribution in [0.3, 0.4) is 0 Å². The second-order valence-electron chi connectivity index (χ2n) is 4.30. The fourth-order valence-corrected chi connectivity index (χ4v) is 2.72. The number of aliphatic hydroxyl groups is 1. The number of halogens is 1. The number of ether oxygens (including phenoxy) is 1. The summed E-state index contributed by atoms with van der Waals surface area (Å²) in [7, 11) is 0. The number of aromatic nitrogens is 1. The van der Waals surface area contributed by atoms with E-state index in [1.54, 1.807) is 0 Å². The monoisotopic (exact) mass is 297 g/mol. The molecule has 0 amide bonds. The Kier molecular flexibility index (Phi) is 4.80. The van der Waals surface area contributed by atoms with E-state index in [1.165, 1.54) is 11.3 Å². The third-order valence-electron chi connectivity index (χ3n) is 3.03. The minimum atomic E-state index is -0.118. The lowest BCUT2D eigenvalue weighted by Crippen LogP contribution is -1.95. The summed E-state index contributed by atoms with van der Waals surface area (Å²) in [6.07, 6.45) is 1.04. The van der Waals surface area contributed by atoms with Gasteiger partial charge in [-0.2, -0.15) is 4.98 Å². The number of benzene rings is 1. The topological polar surface area (TPSA) is 42.4 Å². The molecule has 1 unspecified atom stereocenters. The number of hydrogen-bond acceptors (Lipinski definition) is 4. The summed E-state index contributed by atoms with van der Waals surface area (Å²) in [5.74, 6) is 1.22. The molecule has 19 heavy (non-hydrogen) atoms. The molecule has 1 heterocycles. The zero-order chi connectivity index (χ0) is 13.8. The maximum Gasteiger partial charge on any atom is 0.280 e. The van der Waals surface area contributed by atoms with Crippen molar-refractivity contribution in [2.45, 2.75) is 32.8 Å². The van der Waals surface area contributed by atoms with Crippen LogP contribution in [0.5, 0.6) is 10.9 Å². The molecule has 0 saturated carbocycles.